The van der Waals surface area contributed by atoms with Gasteiger partial charge in [-0.1, -0.05) is 0 Å². The highest BCUT2D eigenvalue weighted by atomic mass is 16.3. The van der Waals surface area contributed by atoms with E-state index in [-0.39, 0.29) is 0 Å². The van der Waals surface area contributed by atoms with E-state index in [2.05, 4.69) is 10.4 Å². The number of hydrogen-bond acceptors (Lipinski definition) is 3. The minimum Gasteiger partial charge on any atom is -0.384 e. The molecular formula is C10H17N3O. The number of aromatic nitrogens is 2. The van der Waals surface area contributed by atoms with E-state index in [1.807, 2.05) is 11.7 Å². The summed E-state index contributed by atoms with van der Waals surface area (Å²) in [6.07, 6.45) is 0.995. The third-order valence-corrected chi connectivity index (χ3v) is 2.69. The molecule has 2 heterocycles. The van der Waals surface area contributed by atoms with Crippen molar-refractivity contribution < 1.29 is 5.11 Å². The zero-order chi connectivity index (χ0) is 10.3. The maximum atomic E-state index is 9.95. The topological polar surface area (TPSA) is 50.1 Å². The van der Waals surface area contributed by atoms with Crippen LogP contribution in [0.2, 0.25) is 0 Å². The van der Waals surface area contributed by atoms with Gasteiger partial charge in [0.1, 0.15) is 5.60 Å². The van der Waals surface area contributed by atoms with Gasteiger partial charge >= 0.3 is 0 Å². The first-order valence-corrected chi connectivity index (χ1v) is 4.98. The van der Waals surface area contributed by atoms with Gasteiger partial charge in [-0.2, -0.15) is 5.10 Å². The molecule has 0 atom stereocenters. The number of rotatable bonds is 1. The second-order valence-corrected chi connectivity index (χ2v) is 4.38. The number of aliphatic hydroxyl groups is 1. The Morgan fingerprint density at radius 1 is 1.50 bits per heavy atom. The molecule has 4 heteroatoms. The van der Waals surface area contributed by atoms with E-state index >= 15 is 0 Å². The minimum absolute atomic E-state index is 0.808. The van der Waals surface area contributed by atoms with E-state index in [1.54, 1.807) is 13.8 Å². The summed E-state index contributed by atoms with van der Waals surface area (Å²) in [4.78, 5) is 0. The summed E-state index contributed by atoms with van der Waals surface area (Å²) in [6.45, 7) is 5.38. The Balaban J connectivity index is 2.52. The van der Waals surface area contributed by atoms with Crippen LogP contribution in [0.4, 0.5) is 0 Å². The van der Waals surface area contributed by atoms with E-state index in [9.17, 15) is 5.11 Å². The molecule has 2 N–H and O–H groups in total. The zero-order valence-corrected chi connectivity index (χ0v) is 8.96. The molecule has 4 nitrogen and oxygen atoms in total. The Bertz CT molecular complexity index is 349. The summed E-state index contributed by atoms with van der Waals surface area (Å²) in [7, 11) is 1.94. The Hall–Kier alpha value is -0.870. The first-order chi connectivity index (χ1) is 6.50. The van der Waals surface area contributed by atoms with Gasteiger partial charge in [0.05, 0.1) is 5.69 Å². The second-order valence-electron chi connectivity index (χ2n) is 4.38. The molecule has 1 aliphatic heterocycles. The maximum Gasteiger partial charge on any atom is 0.103 e. The third-order valence-electron chi connectivity index (χ3n) is 2.69. The van der Waals surface area contributed by atoms with Crippen LogP contribution in [0.25, 0.3) is 0 Å². The van der Waals surface area contributed by atoms with Crippen LogP contribution in [-0.2, 0) is 25.6 Å². The van der Waals surface area contributed by atoms with Gasteiger partial charge in [-0.3, -0.25) is 4.68 Å². The number of aryl methyl sites for hydroxylation is 1. The summed E-state index contributed by atoms with van der Waals surface area (Å²) < 4.78 is 1.89. The summed E-state index contributed by atoms with van der Waals surface area (Å²) >= 11 is 0. The van der Waals surface area contributed by atoms with Gasteiger partial charge in [0.15, 0.2) is 0 Å². The van der Waals surface area contributed by atoms with Crippen molar-refractivity contribution in [1.82, 2.24) is 15.1 Å². The molecule has 78 valence electrons. The van der Waals surface area contributed by atoms with E-state index in [1.165, 1.54) is 11.3 Å². The quantitative estimate of drug-likeness (QED) is 0.677. The van der Waals surface area contributed by atoms with Gasteiger partial charge in [-0.15, -0.1) is 0 Å². The Morgan fingerprint density at radius 3 is 2.86 bits per heavy atom. The van der Waals surface area contributed by atoms with Gasteiger partial charge in [0.2, 0.25) is 0 Å². The van der Waals surface area contributed by atoms with E-state index < -0.39 is 5.60 Å². The summed E-state index contributed by atoms with van der Waals surface area (Å²) in [5.41, 5.74) is 2.39. The highest BCUT2D eigenvalue weighted by molar-refractivity contribution is 5.31. The van der Waals surface area contributed by atoms with E-state index in [4.69, 9.17) is 0 Å². The van der Waals surface area contributed by atoms with E-state index in [0.29, 0.717) is 0 Å². The molecule has 0 aliphatic carbocycles. The molecule has 0 saturated heterocycles. The number of nitrogens with one attached hydrogen (secondary N) is 1. The first-order valence-electron chi connectivity index (χ1n) is 4.98. The van der Waals surface area contributed by atoms with Gasteiger partial charge in [0, 0.05) is 37.8 Å². The molecule has 0 unspecified atom stereocenters. The predicted molar refractivity (Wildman–Crippen MR) is 53.9 cm³/mol. The van der Waals surface area contributed by atoms with Gasteiger partial charge in [-0.05, 0) is 13.8 Å². The Labute approximate surface area is 83.9 Å². The molecule has 2 rings (SSSR count). The minimum atomic E-state index is -0.843. The van der Waals surface area contributed by atoms with Gasteiger partial charge < -0.3 is 10.4 Å². The maximum absolute atomic E-state index is 9.95. The fraction of sp³-hybridized carbons (Fsp3) is 0.700. The number of fused-ring (bicyclic) bond motifs is 1. The molecule has 0 saturated carbocycles. The molecule has 0 radical (unpaired) electrons. The van der Waals surface area contributed by atoms with Crippen molar-refractivity contribution in [3.8, 4) is 0 Å². The largest absolute Gasteiger partial charge is 0.384 e. The average molecular weight is 195 g/mol. The zero-order valence-electron chi connectivity index (χ0n) is 8.96. The van der Waals surface area contributed by atoms with Crippen molar-refractivity contribution in [2.45, 2.75) is 32.4 Å². The summed E-state index contributed by atoms with van der Waals surface area (Å²) in [5.74, 6) is 0. The van der Waals surface area contributed by atoms with Crippen LogP contribution in [-0.4, -0.2) is 21.4 Å². The lowest BCUT2D eigenvalue weighted by Gasteiger charge is -2.19. The fourth-order valence-corrected chi connectivity index (χ4v) is 2.01. The molecule has 1 aromatic heterocycles. The van der Waals surface area contributed by atoms with Crippen molar-refractivity contribution in [1.29, 1.82) is 0 Å². The van der Waals surface area contributed by atoms with Crippen LogP contribution in [0.15, 0.2) is 0 Å². The monoisotopic (exact) mass is 195 g/mol. The van der Waals surface area contributed by atoms with Crippen LogP contribution in [0, 0.1) is 0 Å². The normalized spacial score (nSPS) is 16.9. The van der Waals surface area contributed by atoms with Crippen LogP contribution < -0.4 is 5.32 Å². The molecule has 1 aliphatic rings. The molecule has 0 amide bonds. The Kier molecular flexibility index (Phi) is 2.12. The van der Waals surface area contributed by atoms with Crippen LogP contribution in [0.1, 0.15) is 30.8 Å². The van der Waals surface area contributed by atoms with Crippen LogP contribution in [0.3, 0.4) is 0 Å². The number of hydrogen-bond donors (Lipinski definition) is 2. The van der Waals surface area contributed by atoms with Crippen LogP contribution >= 0.6 is 0 Å². The summed E-state index contributed by atoms with van der Waals surface area (Å²) in [5, 5.41) is 17.6. The molecule has 0 bridgehead atoms. The lowest BCUT2D eigenvalue weighted by atomic mass is 9.97. The Morgan fingerprint density at radius 2 is 2.21 bits per heavy atom. The molecule has 14 heavy (non-hydrogen) atoms. The van der Waals surface area contributed by atoms with Crippen molar-refractivity contribution >= 4 is 0 Å². The fourth-order valence-electron chi connectivity index (χ4n) is 2.01. The number of nitrogens with zero attached hydrogens (tertiary/aromatic N) is 2. The highest BCUT2D eigenvalue weighted by Crippen LogP contribution is 2.26. The predicted octanol–water partition coefficient (Wildman–Crippen LogP) is 0.293. The van der Waals surface area contributed by atoms with Gasteiger partial charge in [0.25, 0.3) is 0 Å². The first kappa shape index (κ1) is 9.68. The molecule has 0 fully saturated rings. The van der Waals surface area contributed by atoms with Crippen molar-refractivity contribution in [2.75, 3.05) is 6.54 Å². The molecule has 1 aromatic rings. The third kappa shape index (κ3) is 1.44. The smallest absolute Gasteiger partial charge is 0.103 e. The summed E-state index contributed by atoms with van der Waals surface area (Å²) in [6, 6.07) is 0. The lowest BCUT2D eigenvalue weighted by molar-refractivity contribution is 0.0721. The molecule has 0 aromatic carbocycles. The highest BCUT2D eigenvalue weighted by Gasteiger charge is 2.28. The van der Waals surface area contributed by atoms with Crippen molar-refractivity contribution in [3.05, 3.63) is 17.0 Å². The van der Waals surface area contributed by atoms with E-state index in [0.717, 1.165) is 25.2 Å². The molecular weight excluding hydrogens is 178 g/mol. The standard InChI is InChI=1S/C10H17N3O/c1-10(2,14)9-7-6-11-5-4-8(7)13(3)12-9/h11,14H,4-6H2,1-3H3. The van der Waals surface area contributed by atoms with Crippen molar-refractivity contribution in [3.63, 3.8) is 0 Å². The van der Waals surface area contributed by atoms with Crippen LogP contribution in [0.5, 0.6) is 0 Å². The lowest BCUT2D eigenvalue weighted by Crippen LogP contribution is -2.27. The van der Waals surface area contributed by atoms with Crippen molar-refractivity contribution in [2.24, 2.45) is 7.05 Å². The average Bonchev–Trinajstić information content (AvgIpc) is 2.44. The van der Waals surface area contributed by atoms with Gasteiger partial charge in [-0.25, -0.2) is 0 Å². The SMILES string of the molecule is Cn1nc(C(C)(C)O)c2c1CCNC2. The second kappa shape index (κ2) is 3.07. The molecule has 0 spiro atoms.